The number of aliphatic imine (C=N–C) groups is 1. The van der Waals surface area contributed by atoms with Gasteiger partial charge in [-0.15, -0.1) is 0 Å². The van der Waals surface area contributed by atoms with Gasteiger partial charge in [-0.05, 0) is 36.7 Å². The van der Waals surface area contributed by atoms with E-state index >= 15 is 0 Å². The maximum Gasteiger partial charge on any atom is 0.416 e. The van der Waals surface area contributed by atoms with Crippen LogP contribution in [-0.4, -0.2) is 84.1 Å². The number of amides is 1. The molecular weight excluding hydrogens is 485 g/mol. The summed E-state index contributed by atoms with van der Waals surface area (Å²) < 4.78 is 41.5. The Balaban J connectivity index is 1.75. The summed E-state index contributed by atoms with van der Waals surface area (Å²) >= 11 is 0. The lowest BCUT2D eigenvalue weighted by atomic mass is 10.0. The lowest BCUT2D eigenvalue weighted by Gasteiger charge is -2.33. The van der Waals surface area contributed by atoms with Gasteiger partial charge in [0.25, 0.3) is 5.91 Å². The fraction of sp³-hybridized carbons (Fsp3) is 0.360. The van der Waals surface area contributed by atoms with Crippen molar-refractivity contribution in [2.75, 3.05) is 45.1 Å². The van der Waals surface area contributed by atoms with E-state index in [9.17, 15) is 18.0 Å². The third kappa shape index (κ3) is 8.30. The van der Waals surface area contributed by atoms with E-state index in [1.807, 2.05) is 11.9 Å². The molecule has 1 unspecified atom stereocenters. The highest BCUT2D eigenvalue weighted by molar-refractivity contribution is 6.04. The Morgan fingerprint density at radius 3 is 2.68 bits per heavy atom. The average Bonchev–Trinajstić information content (AvgIpc) is 2.87. The van der Waals surface area contributed by atoms with Crippen LogP contribution in [0.1, 0.15) is 27.3 Å². The standard InChI is InChI=1S/C25H27F3N8O/c1-35-10-12-36(13-11-35)17-20-4-3-19(14-21(20)25(26,27)28)24(37)34-23-6-8-32-22(33-23)5-2-18(15-30)16-31-9-7-29/h3-4,6-8,14-16,18,29-30H,9-13,17H2,1H3,(H,32,33,34,37). The number of rotatable bonds is 8. The molecule has 0 aliphatic carbocycles. The quantitative estimate of drug-likeness (QED) is 0.371. The number of alkyl halides is 3. The molecule has 1 aliphatic rings. The second kappa shape index (κ2) is 12.8. The largest absolute Gasteiger partial charge is 0.416 e. The van der Waals surface area contributed by atoms with E-state index in [1.165, 1.54) is 30.6 Å². The number of anilines is 1. The van der Waals surface area contributed by atoms with Crippen LogP contribution in [0, 0.1) is 28.6 Å². The number of carbonyl (C=O) groups excluding carboxylic acids is 1. The summed E-state index contributed by atoms with van der Waals surface area (Å²) in [4.78, 5) is 28.9. The first-order valence-corrected chi connectivity index (χ1v) is 11.5. The number of benzene rings is 1. The minimum absolute atomic E-state index is 0.0589. The summed E-state index contributed by atoms with van der Waals surface area (Å²) in [6, 6.07) is 4.99. The van der Waals surface area contributed by atoms with Crippen LogP contribution < -0.4 is 5.32 Å². The summed E-state index contributed by atoms with van der Waals surface area (Å²) in [5, 5.41) is 16.8. The average molecular weight is 513 g/mol. The molecule has 12 heteroatoms. The predicted molar refractivity (Wildman–Crippen MR) is 135 cm³/mol. The van der Waals surface area contributed by atoms with Gasteiger partial charge in [0.1, 0.15) is 5.82 Å². The number of hydrogen-bond acceptors (Lipinski definition) is 8. The van der Waals surface area contributed by atoms with Crippen molar-refractivity contribution in [1.82, 2.24) is 19.8 Å². The molecule has 0 saturated carbocycles. The van der Waals surface area contributed by atoms with Gasteiger partial charge in [0, 0.05) is 63.1 Å². The van der Waals surface area contributed by atoms with Crippen LogP contribution in [0.3, 0.4) is 0 Å². The Morgan fingerprint density at radius 2 is 2.00 bits per heavy atom. The van der Waals surface area contributed by atoms with Crippen molar-refractivity contribution in [3.63, 3.8) is 0 Å². The molecule has 1 fully saturated rings. The number of halogens is 3. The monoisotopic (exact) mass is 512 g/mol. The van der Waals surface area contributed by atoms with Crippen molar-refractivity contribution in [1.29, 1.82) is 10.8 Å². The van der Waals surface area contributed by atoms with Crippen LogP contribution in [0.2, 0.25) is 0 Å². The topological polar surface area (TPSA) is 121 Å². The van der Waals surface area contributed by atoms with E-state index in [0.717, 1.165) is 31.6 Å². The number of carbonyl (C=O) groups is 1. The fourth-order valence-corrected chi connectivity index (χ4v) is 3.54. The van der Waals surface area contributed by atoms with Gasteiger partial charge in [0.2, 0.25) is 5.82 Å². The molecule has 2 aromatic rings. The van der Waals surface area contributed by atoms with Crippen molar-refractivity contribution in [2.24, 2.45) is 10.9 Å². The first-order chi connectivity index (χ1) is 17.7. The second-order valence-electron chi connectivity index (χ2n) is 8.35. The number of nitrogens with one attached hydrogen (secondary N) is 3. The summed E-state index contributed by atoms with van der Waals surface area (Å²) in [5.74, 6) is 4.19. The van der Waals surface area contributed by atoms with E-state index < -0.39 is 23.6 Å². The van der Waals surface area contributed by atoms with Crippen molar-refractivity contribution in [3.05, 3.63) is 53.0 Å². The summed E-state index contributed by atoms with van der Waals surface area (Å²) in [7, 11) is 1.97. The van der Waals surface area contributed by atoms with E-state index in [-0.39, 0.29) is 35.9 Å². The first-order valence-electron chi connectivity index (χ1n) is 11.5. The second-order valence-corrected chi connectivity index (χ2v) is 8.35. The van der Waals surface area contributed by atoms with E-state index in [2.05, 4.69) is 37.0 Å². The van der Waals surface area contributed by atoms with Gasteiger partial charge in [0.15, 0.2) is 0 Å². The van der Waals surface area contributed by atoms with E-state index in [1.54, 1.807) is 0 Å². The van der Waals surface area contributed by atoms with Gasteiger partial charge < -0.3 is 21.0 Å². The van der Waals surface area contributed by atoms with E-state index in [0.29, 0.717) is 13.1 Å². The maximum atomic E-state index is 13.8. The molecule has 194 valence electrons. The van der Waals surface area contributed by atoms with Gasteiger partial charge in [-0.3, -0.25) is 14.7 Å². The third-order valence-corrected chi connectivity index (χ3v) is 5.56. The highest BCUT2D eigenvalue weighted by atomic mass is 19.4. The van der Waals surface area contributed by atoms with Crippen LogP contribution in [-0.2, 0) is 12.7 Å². The van der Waals surface area contributed by atoms with Crippen molar-refractivity contribution >= 4 is 30.4 Å². The molecule has 1 aliphatic heterocycles. The maximum absolute atomic E-state index is 13.8. The summed E-state index contributed by atoms with van der Waals surface area (Å²) in [6.07, 6.45) is 0.345. The molecule has 3 N–H and O–H groups in total. The Hall–Kier alpha value is -3.95. The highest BCUT2D eigenvalue weighted by Gasteiger charge is 2.34. The molecule has 1 saturated heterocycles. The van der Waals surface area contributed by atoms with Crippen LogP contribution in [0.5, 0.6) is 0 Å². The number of piperazine rings is 1. The molecule has 37 heavy (non-hydrogen) atoms. The molecule has 1 aromatic carbocycles. The number of nitrogens with zero attached hydrogens (tertiary/aromatic N) is 5. The molecular formula is C25H27F3N8O. The lowest BCUT2D eigenvalue weighted by Crippen LogP contribution is -2.44. The SMILES string of the molecule is CN1CCN(Cc2ccc(C(=O)Nc3ccnc(C#CC(C=N)C=NCC=N)n3)cc2C(F)(F)F)CC1. The van der Waals surface area contributed by atoms with Crippen molar-refractivity contribution in [3.8, 4) is 11.8 Å². The molecule has 3 rings (SSSR count). The van der Waals surface area contributed by atoms with Gasteiger partial charge in [-0.25, -0.2) is 9.97 Å². The van der Waals surface area contributed by atoms with Crippen LogP contribution >= 0.6 is 0 Å². The van der Waals surface area contributed by atoms with Crippen LogP contribution in [0.4, 0.5) is 19.0 Å². The molecule has 1 aromatic heterocycles. The summed E-state index contributed by atoms with van der Waals surface area (Å²) in [5.41, 5.74) is -0.860. The predicted octanol–water partition coefficient (Wildman–Crippen LogP) is 2.83. The minimum Gasteiger partial charge on any atom is -0.311 e. The molecule has 1 amide bonds. The van der Waals surface area contributed by atoms with Gasteiger partial charge in [-0.1, -0.05) is 12.0 Å². The van der Waals surface area contributed by atoms with E-state index in [4.69, 9.17) is 10.8 Å². The molecule has 1 atom stereocenters. The fourth-order valence-electron chi connectivity index (χ4n) is 3.54. The minimum atomic E-state index is -4.61. The molecule has 0 bridgehead atoms. The number of hydrogen-bond donors (Lipinski definition) is 3. The third-order valence-electron chi connectivity index (χ3n) is 5.56. The van der Waals surface area contributed by atoms with Crippen molar-refractivity contribution in [2.45, 2.75) is 12.7 Å². The Labute approximate surface area is 212 Å². The zero-order chi connectivity index (χ0) is 26.8. The Morgan fingerprint density at radius 1 is 1.24 bits per heavy atom. The normalized spacial score (nSPS) is 15.6. The van der Waals surface area contributed by atoms with Crippen molar-refractivity contribution < 1.29 is 18.0 Å². The van der Waals surface area contributed by atoms with Crippen LogP contribution in [0.15, 0.2) is 35.5 Å². The zero-order valence-corrected chi connectivity index (χ0v) is 20.2. The number of aromatic nitrogens is 2. The first kappa shape index (κ1) is 27.6. The highest BCUT2D eigenvalue weighted by Crippen LogP contribution is 2.33. The molecule has 2 heterocycles. The van der Waals surface area contributed by atoms with Gasteiger partial charge in [0.05, 0.1) is 18.0 Å². The van der Waals surface area contributed by atoms with Crippen LogP contribution in [0.25, 0.3) is 0 Å². The Bertz CT molecular complexity index is 1210. The lowest BCUT2D eigenvalue weighted by molar-refractivity contribution is -0.138. The molecule has 0 spiro atoms. The number of likely N-dealkylation sites (N-methyl/N-ethyl adjacent to an activating group) is 1. The zero-order valence-electron chi connectivity index (χ0n) is 20.2. The summed E-state index contributed by atoms with van der Waals surface area (Å²) in [6.45, 7) is 3.25. The Kier molecular flexibility index (Phi) is 9.59. The van der Waals surface area contributed by atoms with Gasteiger partial charge >= 0.3 is 6.18 Å². The smallest absolute Gasteiger partial charge is 0.311 e. The molecule has 0 radical (unpaired) electrons. The molecule has 9 nitrogen and oxygen atoms in total. The van der Waals surface area contributed by atoms with Gasteiger partial charge in [-0.2, -0.15) is 13.2 Å².